The van der Waals surface area contributed by atoms with Gasteiger partial charge in [-0.2, -0.15) is 5.10 Å². The van der Waals surface area contributed by atoms with Gasteiger partial charge in [-0.3, -0.25) is 4.68 Å². The first-order valence-electron chi connectivity index (χ1n) is 10.1. The third kappa shape index (κ3) is 7.23. The van der Waals surface area contributed by atoms with Crippen LogP contribution in [-0.4, -0.2) is 53.4 Å². The zero-order valence-electron chi connectivity index (χ0n) is 17.6. The van der Waals surface area contributed by atoms with E-state index in [1.807, 2.05) is 29.9 Å². The van der Waals surface area contributed by atoms with Gasteiger partial charge < -0.3 is 20.3 Å². The lowest BCUT2D eigenvalue weighted by atomic mass is 10.2. The van der Waals surface area contributed by atoms with Crippen LogP contribution in [0.1, 0.15) is 32.0 Å². The molecule has 7 nitrogen and oxygen atoms in total. The number of likely N-dealkylation sites (N-methyl/N-ethyl adjacent to an activating group) is 1. The molecule has 0 bridgehead atoms. The van der Waals surface area contributed by atoms with E-state index in [-0.39, 0.29) is 0 Å². The van der Waals surface area contributed by atoms with Crippen LogP contribution in [-0.2, 0) is 20.1 Å². The second kappa shape index (κ2) is 12.0. The first-order valence-corrected chi connectivity index (χ1v) is 10.1. The van der Waals surface area contributed by atoms with Crippen molar-refractivity contribution in [2.75, 3.05) is 32.8 Å². The van der Waals surface area contributed by atoms with Crippen molar-refractivity contribution >= 4 is 5.96 Å². The average molecular weight is 387 g/mol. The highest BCUT2D eigenvalue weighted by Gasteiger charge is 2.03. The van der Waals surface area contributed by atoms with Crippen molar-refractivity contribution in [1.29, 1.82) is 0 Å². The molecule has 0 aliphatic carbocycles. The van der Waals surface area contributed by atoms with Crippen molar-refractivity contribution in [3.63, 3.8) is 0 Å². The van der Waals surface area contributed by atoms with Gasteiger partial charge in [0.2, 0.25) is 0 Å². The molecule has 2 aromatic rings. The lowest BCUT2D eigenvalue weighted by Crippen LogP contribution is -2.37. The smallest absolute Gasteiger partial charge is 0.191 e. The molecule has 154 valence electrons. The minimum Gasteiger partial charge on any atom is -0.492 e. The first-order chi connectivity index (χ1) is 13.7. The molecule has 7 heteroatoms. The zero-order chi connectivity index (χ0) is 20.2. The Morgan fingerprint density at radius 1 is 1.11 bits per heavy atom. The predicted octanol–water partition coefficient (Wildman–Crippen LogP) is 2.40. The minimum atomic E-state index is 0.612. The van der Waals surface area contributed by atoms with Crippen LogP contribution in [0, 0.1) is 0 Å². The zero-order valence-corrected chi connectivity index (χ0v) is 17.6. The predicted molar refractivity (Wildman–Crippen MR) is 115 cm³/mol. The number of hydrogen-bond acceptors (Lipinski definition) is 4. The Kier molecular flexibility index (Phi) is 9.34. The van der Waals surface area contributed by atoms with Gasteiger partial charge in [-0.25, -0.2) is 4.99 Å². The van der Waals surface area contributed by atoms with Crippen LogP contribution in [0.5, 0.6) is 5.75 Å². The number of aromatic nitrogens is 2. The van der Waals surface area contributed by atoms with Gasteiger partial charge in [0.1, 0.15) is 12.4 Å². The van der Waals surface area contributed by atoms with Crippen molar-refractivity contribution in [2.24, 2.45) is 12.0 Å². The van der Waals surface area contributed by atoms with Crippen LogP contribution in [0.3, 0.4) is 0 Å². The number of nitrogens with zero attached hydrogens (tertiary/aromatic N) is 4. The van der Waals surface area contributed by atoms with E-state index in [0.29, 0.717) is 19.7 Å². The summed E-state index contributed by atoms with van der Waals surface area (Å²) in [6.07, 6.45) is 1.80. The Hall–Kier alpha value is -2.54. The topological polar surface area (TPSA) is 66.7 Å². The summed E-state index contributed by atoms with van der Waals surface area (Å²) >= 11 is 0. The molecule has 28 heavy (non-hydrogen) atoms. The molecule has 0 saturated heterocycles. The summed E-state index contributed by atoms with van der Waals surface area (Å²) in [6, 6.07) is 10.2. The van der Waals surface area contributed by atoms with Gasteiger partial charge >= 0.3 is 0 Å². The number of hydrogen-bond donors (Lipinski definition) is 2. The molecule has 0 saturated carbocycles. The lowest BCUT2D eigenvalue weighted by molar-refractivity contribution is 0.223. The van der Waals surface area contributed by atoms with E-state index in [0.717, 1.165) is 49.1 Å². The Labute approximate surface area is 168 Å². The fraction of sp³-hybridized carbons (Fsp3) is 0.524. The monoisotopic (exact) mass is 386 g/mol. The van der Waals surface area contributed by atoms with Crippen molar-refractivity contribution in [3.8, 4) is 5.75 Å². The molecular formula is C21H34N6O. The van der Waals surface area contributed by atoms with Crippen LogP contribution in [0.25, 0.3) is 0 Å². The maximum atomic E-state index is 5.84. The fourth-order valence-corrected chi connectivity index (χ4v) is 2.78. The van der Waals surface area contributed by atoms with Crippen molar-refractivity contribution < 1.29 is 4.74 Å². The molecule has 1 aromatic carbocycles. The molecule has 0 amide bonds. The molecule has 0 aliphatic heterocycles. The van der Waals surface area contributed by atoms with Crippen molar-refractivity contribution in [2.45, 2.75) is 33.9 Å². The van der Waals surface area contributed by atoms with Gasteiger partial charge in [-0.15, -0.1) is 0 Å². The number of aryl methyl sites for hydroxylation is 1. The van der Waals surface area contributed by atoms with Gasteiger partial charge in [0.25, 0.3) is 0 Å². The van der Waals surface area contributed by atoms with E-state index in [2.05, 4.69) is 58.5 Å². The van der Waals surface area contributed by atoms with Crippen molar-refractivity contribution in [1.82, 2.24) is 25.3 Å². The molecule has 0 spiro atoms. The molecule has 2 N–H and O–H groups in total. The molecular weight excluding hydrogens is 352 g/mol. The van der Waals surface area contributed by atoms with Gasteiger partial charge in [0.15, 0.2) is 5.96 Å². The van der Waals surface area contributed by atoms with E-state index in [4.69, 9.17) is 4.74 Å². The molecule has 0 aliphatic rings. The van der Waals surface area contributed by atoms with Gasteiger partial charge in [0, 0.05) is 26.3 Å². The fourth-order valence-electron chi connectivity index (χ4n) is 2.78. The highest BCUT2D eigenvalue weighted by Crippen LogP contribution is 2.13. The highest BCUT2D eigenvalue weighted by atomic mass is 16.5. The summed E-state index contributed by atoms with van der Waals surface area (Å²) in [5.74, 6) is 1.70. The van der Waals surface area contributed by atoms with E-state index in [1.54, 1.807) is 6.20 Å². The van der Waals surface area contributed by atoms with Crippen LogP contribution in [0.15, 0.2) is 41.5 Å². The molecule has 0 fully saturated rings. The maximum absolute atomic E-state index is 5.84. The van der Waals surface area contributed by atoms with E-state index in [9.17, 15) is 0 Å². The van der Waals surface area contributed by atoms with E-state index >= 15 is 0 Å². The SMILES string of the molecule is CCNC(=NCc1ccc(OCCN(CC)CC)cc1)NCc1ccnn1C. The largest absolute Gasteiger partial charge is 0.492 e. The van der Waals surface area contributed by atoms with Crippen LogP contribution >= 0.6 is 0 Å². The summed E-state index contributed by atoms with van der Waals surface area (Å²) in [5, 5.41) is 10.8. The number of guanidine groups is 1. The molecule has 0 radical (unpaired) electrons. The average Bonchev–Trinajstić information content (AvgIpc) is 3.13. The van der Waals surface area contributed by atoms with Crippen molar-refractivity contribution in [3.05, 3.63) is 47.8 Å². The Morgan fingerprint density at radius 3 is 2.46 bits per heavy atom. The van der Waals surface area contributed by atoms with Crippen LogP contribution in [0.2, 0.25) is 0 Å². The standard InChI is InChI=1S/C21H34N6O/c1-5-22-21(24-17-19-12-13-25-26(19)4)23-16-18-8-10-20(11-9-18)28-15-14-27(6-2)7-3/h8-13H,5-7,14-17H2,1-4H3,(H2,22,23,24). The summed E-state index contributed by atoms with van der Waals surface area (Å²) in [6.45, 7) is 12.3. The summed E-state index contributed by atoms with van der Waals surface area (Å²) in [4.78, 5) is 7.02. The van der Waals surface area contributed by atoms with E-state index in [1.165, 1.54) is 0 Å². The molecule has 1 heterocycles. The third-order valence-electron chi connectivity index (χ3n) is 4.62. The number of ether oxygens (including phenoxy) is 1. The summed E-state index contributed by atoms with van der Waals surface area (Å²) < 4.78 is 7.70. The second-order valence-electron chi connectivity index (χ2n) is 6.51. The van der Waals surface area contributed by atoms with Crippen LogP contribution < -0.4 is 15.4 Å². The Morgan fingerprint density at radius 2 is 1.86 bits per heavy atom. The summed E-state index contributed by atoms with van der Waals surface area (Å²) in [5.41, 5.74) is 2.26. The number of nitrogens with one attached hydrogen (secondary N) is 2. The lowest BCUT2D eigenvalue weighted by Gasteiger charge is -2.18. The number of aliphatic imine (C=N–C) groups is 1. The second-order valence-corrected chi connectivity index (χ2v) is 6.51. The Balaban J connectivity index is 1.83. The molecule has 0 atom stereocenters. The Bertz CT molecular complexity index is 706. The van der Waals surface area contributed by atoms with Gasteiger partial charge in [0.05, 0.1) is 18.8 Å². The van der Waals surface area contributed by atoms with Gasteiger partial charge in [-0.1, -0.05) is 26.0 Å². The van der Waals surface area contributed by atoms with E-state index < -0.39 is 0 Å². The quantitative estimate of drug-likeness (QED) is 0.459. The van der Waals surface area contributed by atoms with Gasteiger partial charge in [-0.05, 0) is 43.8 Å². The number of rotatable bonds is 11. The summed E-state index contributed by atoms with van der Waals surface area (Å²) in [7, 11) is 1.94. The minimum absolute atomic E-state index is 0.612. The third-order valence-corrected chi connectivity index (χ3v) is 4.62. The normalized spacial score (nSPS) is 11.7. The van der Waals surface area contributed by atoms with Crippen LogP contribution in [0.4, 0.5) is 0 Å². The highest BCUT2D eigenvalue weighted by molar-refractivity contribution is 5.79. The molecule has 1 aromatic heterocycles. The first kappa shape index (κ1) is 21.8. The molecule has 0 unspecified atom stereocenters. The molecule has 2 rings (SSSR count). The number of benzene rings is 1. The maximum Gasteiger partial charge on any atom is 0.191 e.